The standard InChI is InChI=1S/C11H11Br2F2NO/c1-2-6(12)5-16-11(17)10-8(14)3-7(13)4-9(10)15/h3-4,6H,2,5H2,1H3,(H,16,17). The number of halogens is 4. The van der Waals surface area contributed by atoms with Gasteiger partial charge in [0.2, 0.25) is 0 Å². The highest BCUT2D eigenvalue weighted by Crippen LogP contribution is 2.19. The zero-order valence-electron chi connectivity index (χ0n) is 9.07. The van der Waals surface area contributed by atoms with Gasteiger partial charge in [-0.15, -0.1) is 0 Å². The molecule has 94 valence electrons. The fourth-order valence-electron chi connectivity index (χ4n) is 1.20. The number of carbonyl (C=O) groups is 1. The third-order valence-electron chi connectivity index (χ3n) is 2.16. The van der Waals surface area contributed by atoms with Crippen LogP contribution in [-0.2, 0) is 0 Å². The van der Waals surface area contributed by atoms with E-state index < -0.39 is 23.1 Å². The molecule has 0 heterocycles. The summed E-state index contributed by atoms with van der Waals surface area (Å²) in [6.07, 6.45) is 0.811. The molecular formula is C11H11Br2F2NO. The van der Waals surface area contributed by atoms with Gasteiger partial charge >= 0.3 is 0 Å². The molecule has 1 amide bonds. The summed E-state index contributed by atoms with van der Waals surface area (Å²) >= 11 is 6.27. The average Bonchev–Trinajstić information content (AvgIpc) is 2.24. The minimum absolute atomic E-state index is 0.0908. The molecule has 1 N–H and O–H groups in total. The Labute approximate surface area is 115 Å². The predicted octanol–water partition coefficient (Wildman–Crippen LogP) is 3.63. The van der Waals surface area contributed by atoms with E-state index in [1.807, 2.05) is 6.92 Å². The zero-order chi connectivity index (χ0) is 13.0. The lowest BCUT2D eigenvalue weighted by molar-refractivity contribution is 0.0945. The van der Waals surface area contributed by atoms with Gasteiger partial charge in [0.05, 0.1) is 0 Å². The first-order chi connectivity index (χ1) is 7.95. The fourth-order valence-corrected chi connectivity index (χ4v) is 1.76. The zero-order valence-corrected chi connectivity index (χ0v) is 12.2. The molecule has 1 aromatic carbocycles. The van der Waals surface area contributed by atoms with Gasteiger partial charge in [-0.1, -0.05) is 38.8 Å². The molecular weight excluding hydrogens is 360 g/mol. The van der Waals surface area contributed by atoms with Crippen LogP contribution in [0.25, 0.3) is 0 Å². The van der Waals surface area contributed by atoms with Crippen molar-refractivity contribution in [3.05, 3.63) is 33.8 Å². The van der Waals surface area contributed by atoms with Gasteiger partial charge in [0, 0.05) is 15.8 Å². The molecule has 0 spiro atoms. The van der Waals surface area contributed by atoms with Crippen LogP contribution in [0.5, 0.6) is 0 Å². The molecule has 1 unspecified atom stereocenters. The minimum Gasteiger partial charge on any atom is -0.351 e. The summed E-state index contributed by atoms with van der Waals surface area (Å²) in [5, 5.41) is 2.47. The van der Waals surface area contributed by atoms with E-state index in [-0.39, 0.29) is 9.30 Å². The summed E-state index contributed by atoms with van der Waals surface area (Å²) in [6, 6.07) is 2.12. The van der Waals surface area contributed by atoms with Crippen LogP contribution in [0.15, 0.2) is 16.6 Å². The van der Waals surface area contributed by atoms with E-state index in [1.165, 1.54) is 0 Å². The van der Waals surface area contributed by atoms with E-state index >= 15 is 0 Å². The van der Waals surface area contributed by atoms with Crippen molar-refractivity contribution in [2.24, 2.45) is 0 Å². The average molecular weight is 371 g/mol. The van der Waals surface area contributed by atoms with Gasteiger partial charge in [0.1, 0.15) is 17.2 Å². The van der Waals surface area contributed by atoms with Crippen molar-refractivity contribution >= 4 is 37.8 Å². The Morgan fingerprint density at radius 2 is 1.94 bits per heavy atom. The van der Waals surface area contributed by atoms with Crippen LogP contribution in [-0.4, -0.2) is 17.3 Å². The first kappa shape index (κ1) is 14.6. The molecule has 0 aliphatic rings. The van der Waals surface area contributed by atoms with Gasteiger partial charge < -0.3 is 5.32 Å². The van der Waals surface area contributed by atoms with Crippen LogP contribution in [0.4, 0.5) is 8.78 Å². The van der Waals surface area contributed by atoms with Crippen molar-refractivity contribution in [2.75, 3.05) is 6.54 Å². The van der Waals surface area contributed by atoms with E-state index in [0.29, 0.717) is 6.54 Å². The normalized spacial score (nSPS) is 12.3. The topological polar surface area (TPSA) is 29.1 Å². The lowest BCUT2D eigenvalue weighted by Gasteiger charge is -2.10. The molecule has 0 radical (unpaired) electrons. The maximum absolute atomic E-state index is 13.4. The summed E-state index contributed by atoms with van der Waals surface area (Å²) in [4.78, 5) is 11.7. The van der Waals surface area contributed by atoms with E-state index in [9.17, 15) is 13.6 Å². The van der Waals surface area contributed by atoms with Crippen LogP contribution >= 0.6 is 31.9 Å². The Balaban J connectivity index is 2.82. The molecule has 1 aromatic rings. The molecule has 0 saturated heterocycles. The number of carbonyl (C=O) groups excluding carboxylic acids is 1. The molecule has 0 bridgehead atoms. The number of amides is 1. The van der Waals surface area contributed by atoms with E-state index in [2.05, 4.69) is 37.2 Å². The Morgan fingerprint density at radius 1 is 1.41 bits per heavy atom. The molecule has 0 fully saturated rings. The Hall–Kier alpha value is -0.490. The molecule has 0 aromatic heterocycles. The van der Waals surface area contributed by atoms with Crippen molar-refractivity contribution in [3.63, 3.8) is 0 Å². The first-order valence-corrected chi connectivity index (χ1v) is 6.73. The maximum atomic E-state index is 13.4. The second-order valence-electron chi connectivity index (χ2n) is 3.46. The Kier molecular flexibility index (Phi) is 5.52. The Bertz CT molecular complexity index is 403. The number of hydrogen-bond acceptors (Lipinski definition) is 1. The van der Waals surface area contributed by atoms with E-state index in [4.69, 9.17) is 0 Å². The van der Waals surface area contributed by atoms with Gasteiger partial charge in [-0.25, -0.2) is 8.78 Å². The smallest absolute Gasteiger partial charge is 0.257 e. The second kappa shape index (κ2) is 6.44. The number of hydrogen-bond donors (Lipinski definition) is 1. The van der Waals surface area contributed by atoms with E-state index in [0.717, 1.165) is 18.6 Å². The summed E-state index contributed by atoms with van der Waals surface area (Å²) in [7, 11) is 0. The molecule has 1 rings (SSSR count). The Morgan fingerprint density at radius 3 is 2.41 bits per heavy atom. The fraction of sp³-hybridized carbons (Fsp3) is 0.364. The molecule has 1 atom stereocenters. The van der Waals surface area contributed by atoms with Gasteiger partial charge in [0.25, 0.3) is 5.91 Å². The number of benzene rings is 1. The van der Waals surface area contributed by atoms with Crippen LogP contribution in [0.3, 0.4) is 0 Å². The van der Waals surface area contributed by atoms with Crippen molar-refractivity contribution in [2.45, 2.75) is 18.2 Å². The molecule has 6 heteroatoms. The summed E-state index contributed by atoms with van der Waals surface area (Å²) in [5.74, 6) is -2.50. The third kappa shape index (κ3) is 4.03. The maximum Gasteiger partial charge on any atom is 0.257 e. The summed E-state index contributed by atoms with van der Waals surface area (Å²) in [5.41, 5.74) is -0.552. The molecule has 0 saturated carbocycles. The monoisotopic (exact) mass is 369 g/mol. The third-order valence-corrected chi connectivity index (χ3v) is 3.59. The van der Waals surface area contributed by atoms with E-state index in [1.54, 1.807) is 0 Å². The highest BCUT2D eigenvalue weighted by Gasteiger charge is 2.18. The summed E-state index contributed by atoms with van der Waals surface area (Å²) in [6.45, 7) is 2.26. The van der Waals surface area contributed by atoms with Crippen LogP contribution in [0.1, 0.15) is 23.7 Å². The lowest BCUT2D eigenvalue weighted by Crippen LogP contribution is -2.30. The minimum atomic E-state index is -0.878. The van der Waals surface area contributed by atoms with Crippen LogP contribution in [0.2, 0.25) is 0 Å². The quantitative estimate of drug-likeness (QED) is 0.805. The highest BCUT2D eigenvalue weighted by atomic mass is 79.9. The van der Waals surface area contributed by atoms with Gasteiger partial charge in [0.15, 0.2) is 0 Å². The summed E-state index contributed by atoms with van der Waals surface area (Å²) < 4.78 is 27.1. The van der Waals surface area contributed by atoms with Gasteiger partial charge in [-0.3, -0.25) is 4.79 Å². The van der Waals surface area contributed by atoms with Crippen molar-refractivity contribution in [1.29, 1.82) is 0 Å². The van der Waals surface area contributed by atoms with Crippen molar-refractivity contribution in [3.8, 4) is 0 Å². The lowest BCUT2D eigenvalue weighted by atomic mass is 10.2. The molecule has 0 aliphatic heterocycles. The second-order valence-corrected chi connectivity index (χ2v) is 5.67. The first-order valence-electron chi connectivity index (χ1n) is 5.02. The number of rotatable bonds is 4. The van der Waals surface area contributed by atoms with Gasteiger partial charge in [-0.2, -0.15) is 0 Å². The van der Waals surface area contributed by atoms with Crippen LogP contribution in [0, 0.1) is 11.6 Å². The largest absolute Gasteiger partial charge is 0.351 e. The number of alkyl halides is 1. The predicted molar refractivity (Wildman–Crippen MR) is 69.4 cm³/mol. The number of nitrogens with one attached hydrogen (secondary N) is 1. The molecule has 2 nitrogen and oxygen atoms in total. The van der Waals surface area contributed by atoms with Crippen LogP contribution < -0.4 is 5.32 Å². The molecule has 17 heavy (non-hydrogen) atoms. The molecule has 0 aliphatic carbocycles. The highest BCUT2D eigenvalue weighted by molar-refractivity contribution is 9.10. The van der Waals surface area contributed by atoms with Crippen molar-refractivity contribution < 1.29 is 13.6 Å². The van der Waals surface area contributed by atoms with Crippen molar-refractivity contribution in [1.82, 2.24) is 5.32 Å². The SMILES string of the molecule is CCC(Br)CNC(=O)c1c(F)cc(Br)cc1F. The van der Waals surface area contributed by atoms with Gasteiger partial charge in [-0.05, 0) is 18.6 Å².